The zero-order valence-electron chi connectivity index (χ0n) is 16.7. The van der Waals surface area contributed by atoms with Gasteiger partial charge < -0.3 is 16.4 Å². The number of likely N-dealkylation sites (N-methyl/N-ethyl adjacent to an activating group) is 1. The number of nitrogen functional groups attached to an aromatic ring is 1. The quantitative estimate of drug-likeness (QED) is 0.215. The number of carbonyl (C=O) groups excluding carboxylic acids is 1. The van der Waals surface area contributed by atoms with Crippen LogP contribution in [0.3, 0.4) is 0 Å². The summed E-state index contributed by atoms with van der Waals surface area (Å²) in [5.74, 6) is -0.174. The lowest BCUT2D eigenvalue weighted by Crippen LogP contribution is -2.33. The van der Waals surface area contributed by atoms with Crippen LogP contribution in [0.4, 0.5) is 11.4 Å². The standard InChI is InChI=1S/C23H25N5OS/c1-2-27-22(15-7-4-3-5-8-15)23(29)28-17-11-12-20(24)19(14-17)21(25)16-9-6-10-18(13-16)30-26/h3-14,22,25,27H,2,24,26H2,1H3,(H,28,29). The lowest BCUT2D eigenvalue weighted by atomic mass is 10.00. The van der Waals surface area contributed by atoms with E-state index in [4.69, 9.17) is 16.3 Å². The molecule has 0 heterocycles. The molecule has 1 amide bonds. The monoisotopic (exact) mass is 419 g/mol. The molecule has 0 radical (unpaired) electrons. The third-order valence-electron chi connectivity index (χ3n) is 4.65. The SMILES string of the molecule is CCNC(C(=O)Nc1ccc(N)c(C(=N)c2cccc(SN)c2)c1)c1ccccc1. The van der Waals surface area contributed by atoms with Gasteiger partial charge in [-0.2, -0.15) is 0 Å². The predicted molar refractivity (Wildman–Crippen MR) is 125 cm³/mol. The Balaban J connectivity index is 1.85. The van der Waals surface area contributed by atoms with Crippen molar-refractivity contribution in [3.63, 3.8) is 0 Å². The average Bonchev–Trinajstić information content (AvgIpc) is 2.78. The smallest absolute Gasteiger partial charge is 0.246 e. The highest BCUT2D eigenvalue weighted by molar-refractivity contribution is 7.97. The zero-order chi connectivity index (χ0) is 21.5. The Morgan fingerprint density at radius 3 is 2.53 bits per heavy atom. The van der Waals surface area contributed by atoms with Gasteiger partial charge in [-0.25, -0.2) is 0 Å². The van der Waals surface area contributed by atoms with Gasteiger partial charge in [0.2, 0.25) is 5.91 Å². The second-order valence-corrected chi connectivity index (χ2v) is 7.42. The Bertz CT molecular complexity index is 1040. The van der Waals surface area contributed by atoms with Crippen molar-refractivity contribution >= 4 is 34.9 Å². The summed E-state index contributed by atoms with van der Waals surface area (Å²) in [6.45, 7) is 2.61. The van der Waals surface area contributed by atoms with Crippen molar-refractivity contribution in [2.75, 3.05) is 17.6 Å². The largest absolute Gasteiger partial charge is 0.398 e. The maximum absolute atomic E-state index is 12.9. The van der Waals surface area contributed by atoms with Crippen LogP contribution in [0, 0.1) is 5.41 Å². The van der Waals surface area contributed by atoms with Crippen molar-refractivity contribution in [2.45, 2.75) is 17.9 Å². The molecule has 3 aromatic rings. The lowest BCUT2D eigenvalue weighted by Gasteiger charge is -2.19. The first-order valence-electron chi connectivity index (χ1n) is 9.58. The van der Waals surface area contributed by atoms with Crippen molar-refractivity contribution in [2.24, 2.45) is 5.14 Å². The minimum atomic E-state index is -0.477. The van der Waals surface area contributed by atoms with E-state index in [9.17, 15) is 4.79 Å². The molecule has 0 saturated carbocycles. The molecular weight excluding hydrogens is 394 g/mol. The zero-order valence-corrected chi connectivity index (χ0v) is 17.5. The molecule has 0 fully saturated rings. The maximum atomic E-state index is 12.9. The number of benzene rings is 3. The van der Waals surface area contributed by atoms with Gasteiger partial charge in [0.15, 0.2) is 0 Å². The molecule has 30 heavy (non-hydrogen) atoms. The Hall–Kier alpha value is -3.13. The second-order valence-electron chi connectivity index (χ2n) is 6.71. The van der Waals surface area contributed by atoms with Crippen molar-refractivity contribution in [3.8, 4) is 0 Å². The molecule has 0 spiro atoms. The summed E-state index contributed by atoms with van der Waals surface area (Å²) in [5.41, 5.74) is 9.59. The van der Waals surface area contributed by atoms with Gasteiger partial charge in [-0.1, -0.05) is 49.4 Å². The van der Waals surface area contributed by atoms with Gasteiger partial charge in [-0.15, -0.1) is 0 Å². The van der Waals surface area contributed by atoms with E-state index in [-0.39, 0.29) is 11.6 Å². The van der Waals surface area contributed by atoms with Crippen molar-refractivity contribution in [1.29, 1.82) is 5.41 Å². The molecule has 0 aromatic heterocycles. The van der Waals surface area contributed by atoms with Crippen molar-refractivity contribution < 1.29 is 4.79 Å². The van der Waals surface area contributed by atoms with Crippen LogP contribution < -0.4 is 21.5 Å². The summed E-state index contributed by atoms with van der Waals surface area (Å²) in [5, 5.41) is 20.4. The molecule has 7 heteroatoms. The summed E-state index contributed by atoms with van der Waals surface area (Å²) in [6.07, 6.45) is 0. The molecule has 0 aliphatic heterocycles. The first-order chi connectivity index (χ1) is 14.5. The van der Waals surface area contributed by atoms with Crippen LogP contribution in [-0.4, -0.2) is 18.2 Å². The summed E-state index contributed by atoms with van der Waals surface area (Å²) in [4.78, 5) is 13.8. The fourth-order valence-corrected chi connectivity index (χ4v) is 3.51. The van der Waals surface area contributed by atoms with Crippen LogP contribution in [-0.2, 0) is 4.79 Å². The fourth-order valence-electron chi connectivity index (χ4n) is 3.16. The normalized spacial score (nSPS) is 11.7. The molecule has 7 N–H and O–H groups in total. The molecule has 154 valence electrons. The predicted octanol–water partition coefficient (Wildman–Crippen LogP) is 3.94. The number of hydrogen-bond acceptors (Lipinski definition) is 6. The highest BCUT2D eigenvalue weighted by atomic mass is 32.2. The van der Waals surface area contributed by atoms with E-state index in [1.165, 1.54) is 0 Å². The van der Waals surface area contributed by atoms with Crippen LogP contribution in [0.25, 0.3) is 0 Å². The minimum absolute atomic E-state index is 0.174. The summed E-state index contributed by atoms with van der Waals surface area (Å²) in [7, 11) is 0. The van der Waals surface area contributed by atoms with Gasteiger partial charge in [-0.05, 0) is 54.4 Å². The molecule has 0 bridgehead atoms. The molecule has 0 saturated heterocycles. The van der Waals surface area contributed by atoms with Crippen molar-refractivity contribution in [1.82, 2.24) is 5.32 Å². The van der Waals surface area contributed by atoms with Crippen LogP contribution in [0.2, 0.25) is 0 Å². The van der Waals surface area contributed by atoms with Crippen molar-refractivity contribution in [3.05, 3.63) is 89.5 Å². The first-order valence-corrected chi connectivity index (χ1v) is 10.5. The Labute approximate surface area is 180 Å². The summed E-state index contributed by atoms with van der Waals surface area (Å²) in [6, 6.07) is 21.7. The van der Waals surface area contributed by atoms with Gasteiger partial charge in [0.1, 0.15) is 6.04 Å². The van der Waals surface area contributed by atoms with E-state index < -0.39 is 6.04 Å². The molecular formula is C23H25N5OS. The molecule has 3 rings (SSSR count). The third kappa shape index (κ3) is 5.07. The van der Waals surface area contributed by atoms with Crippen LogP contribution in [0.15, 0.2) is 77.7 Å². The average molecular weight is 420 g/mol. The Morgan fingerprint density at radius 1 is 1.07 bits per heavy atom. The highest BCUT2D eigenvalue weighted by Crippen LogP contribution is 2.24. The summed E-state index contributed by atoms with van der Waals surface area (Å²) < 4.78 is 0. The third-order valence-corrected chi connectivity index (χ3v) is 5.18. The molecule has 1 atom stereocenters. The van der Waals surface area contributed by atoms with Crippen LogP contribution in [0.5, 0.6) is 0 Å². The van der Waals surface area contributed by atoms with E-state index in [1.807, 2.05) is 61.5 Å². The summed E-state index contributed by atoms with van der Waals surface area (Å²) >= 11 is 1.13. The van der Waals surface area contributed by atoms with Crippen LogP contribution in [0.1, 0.15) is 29.7 Å². The van der Waals surface area contributed by atoms with Gasteiger partial charge >= 0.3 is 0 Å². The molecule has 0 aliphatic rings. The van der Waals surface area contributed by atoms with E-state index in [0.29, 0.717) is 29.0 Å². The molecule has 3 aromatic carbocycles. The topological polar surface area (TPSA) is 117 Å². The highest BCUT2D eigenvalue weighted by Gasteiger charge is 2.20. The van der Waals surface area contributed by atoms with Gasteiger partial charge in [-0.3, -0.25) is 15.3 Å². The number of nitrogens with one attached hydrogen (secondary N) is 3. The minimum Gasteiger partial charge on any atom is -0.398 e. The van der Waals surface area contributed by atoms with Gasteiger partial charge in [0, 0.05) is 27.4 Å². The molecule has 6 nitrogen and oxygen atoms in total. The fraction of sp³-hybridized carbons (Fsp3) is 0.130. The molecule has 1 unspecified atom stereocenters. The number of nitrogens with two attached hydrogens (primary N) is 2. The number of amides is 1. The van der Waals surface area contributed by atoms with E-state index in [1.54, 1.807) is 18.2 Å². The van der Waals surface area contributed by atoms with E-state index in [0.717, 1.165) is 22.4 Å². The second kappa shape index (κ2) is 10.1. The molecule has 0 aliphatic carbocycles. The first kappa shape index (κ1) is 21.6. The number of rotatable bonds is 8. The Morgan fingerprint density at radius 2 is 1.83 bits per heavy atom. The number of carbonyl (C=O) groups is 1. The lowest BCUT2D eigenvalue weighted by molar-refractivity contribution is -0.118. The Kier molecular flexibility index (Phi) is 7.24. The van der Waals surface area contributed by atoms with E-state index in [2.05, 4.69) is 10.6 Å². The van der Waals surface area contributed by atoms with Gasteiger partial charge in [0.25, 0.3) is 0 Å². The van der Waals surface area contributed by atoms with Gasteiger partial charge in [0.05, 0.1) is 5.71 Å². The number of anilines is 2. The number of hydrogen-bond donors (Lipinski definition) is 5. The maximum Gasteiger partial charge on any atom is 0.246 e. The van der Waals surface area contributed by atoms with E-state index >= 15 is 0 Å². The van der Waals surface area contributed by atoms with Crippen LogP contribution >= 0.6 is 11.9 Å².